The predicted molar refractivity (Wildman–Crippen MR) is 44.5 cm³/mol. The van der Waals surface area contributed by atoms with Crippen LogP contribution in [0.25, 0.3) is 6.08 Å². The lowest BCUT2D eigenvalue weighted by atomic mass is 10.3. The van der Waals surface area contributed by atoms with Gasteiger partial charge < -0.3 is 11.5 Å². The molecule has 0 spiro atoms. The molecule has 0 saturated carbocycles. The van der Waals surface area contributed by atoms with Crippen molar-refractivity contribution >= 4 is 11.9 Å². The summed E-state index contributed by atoms with van der Waals surface area (Å²) in [6, 6.07) is 3.48. The molecule has 58 valence electrons. The van der Waals surface area contributed by atoms with E-state index in [1.54, 1.807) is 24.3 Å². The summed E-state index contributed by atoms with van der Waals surface area (Å²) in [5.74, 6) is 0.426. The van der Waals surface area contributed by atoms with E-state index < -0.39 is 0 Å². The zero-order valence-corrected chi connectivity index (χ0v) is 6.07. The van der Waals surface area contributed by atoms with Crippen LogP contribution >= 0.6 is 0 Å². The summed E-state index contributed by atoms with van der Waals surface area (Å²) in [5.41, 5.74) is 11.3. The highest BCUT2D eigenvalue weighted by Crippen LogP contribution is 1.98. The first kappa shape index (κ1) is 7.68. The molecule has 0 bridgehead atoms. The Labute approximate surface area is 64.9 Å². The summed E-state index contributed by atoms with van der Waals surface area (Å²) in [7, 11) is 0. The molecule has 0 radical (unpaired) electrons. The van der Waals surface area contributed by atoms with Crippen molar-refractivity contribution in [3.8, 4) is 0 Å². The lowest BCUT2D eigenvalue weighted by Crippen LogP contribution is -1.95. The summed E-state index contributed by atoms with van der Waals surface area (Å²) < 4.78 is 0. The maximum absolute atomic E-state index is 5.33. The van der Waals surface area contributed by atoms with Crippen LogP contribution in [0.5, 0.6) is 0 Å². The number of nitrogens with zero attached hydrogens (tertiary/aromatic N) is 2. The van der Waals surface area contributed by atoms with E-state index in [1.165, 1.54) is 0 Å². The topological polar surface area (TPSA) is 77.8 Å². The number of aromatic nitrogens is 2. The normalized spacial score (nSPS) is 10.6. The van der Waals surface area contributed by atoms with Gasteiger partial charge in [0.15, 0.2) is 0 Å². The van der Waals surface area contributed by atoms with Crippen LogP contribution in [0.2, 0.25) is 0 Å². The molecule has 4 N–H and O–H groups in total. The highest BCUT2D eigenvalue weighted by Gasteiger charge is 1.87. The van der Waals surface area contributed by atoms with Gasteiger partial charge in [0.05, 0.1) is 5.69 Å². The van der Waals surface area contributed by atoms with Crippen molar-refractivity contribution in [2.24, 2.45) is 5.73 Å². The van der Waals surface area contributed by atoms with Gasteiger partial charge >= 0.3 is 0 Å². The average Bonchev–Trinajstić information content (AvgIpc) is 2.04. The molecule has 11 heavy (non-hydrogen) atoms. The molecule has 4 heteroatoms. The molecule has 0 aliphatic carbocycles. The van der Waals surface area contributed by atoms with Gasteiger partial charge in [0.2, 0.25) is 0 Å². The van der Waals surface area contributed by atoms with Gasteiger partial charge in [-0.2, -0.15) is 0 Å². The van der Waals surface area contributed by atoms with E-state index >= 15 is 0 Å². The quantitative estimate of drug-likeness (QED) is 0.623. The van der Waals surface area contributed by atoms with Gasteiger partial charge in [-0.05, 0) is 18.2 Å². The lowest BCUT2D eigenvalue weighted by Gasteiger charge is -1.90. The van der Waals surface area contributed by atoms with E-state index in [0.717, 1.165) is 5.69 Å². The first-order valence-electron chi connectivity index (χ1n) is 3.29. The molecule has 0 aliphatic heterocycles. The van der Waals surface area contributed by atoms with Crippen molar-refractivity contribution in [2.45, 2.75) is 0 Å². The molecule has 0 amide bonds. The van der Waals surface area contributed by atoms with Crippen molar-refractivity contribution in [1.82, 2.24) is 10.2 Å². The maximum atomic E-state index is 5.33. The Bertz CT molecular complexity index is 239. The first-order chi connectivity index (χ1) is 5.33. The van der Waals surface area contributed by atoms with Crippen LogP contribution in [0.4, 0.5) is 5.82 Å². The van der Waals surface area contributed by atoms with Crippen molar-refractivity contribution in [3.63, 3.8) is 0 Å². The van der Waals surface area contributed by atoms with Crippen LogP contribution < -0.4 is 11.5 Å². The van der Waals surface area contributed by atoms with Gasteiger partial charge in [-0.3, -0.25) is 0 Å². The van der Waals surface area contributed by atoms with Crippen LogP contribution in [0.1, 0.15) is 5.69 Å². The van der Waals surface area contributed by atoms with E-state index in [2.05, 4.69) is 10.2 Å². The molecule has 0 saturated heterocycles. The van der Waals surface area contributed by atoms with E-state index in [9.17, 15) is 0 Å². The van der Waals surface area contributed by atoms with Crippen LogP contribution in [-0.4, -0.2) is 16.7 Å². The van der Waals surface area contributed by atoms with Crippen LogP contribution in [0.15, 0.2) is 18.2 Å². The summed E-state index contributed by atoms with van der Waals surface area (Å²) in [6.07, 6.45) is 3.60. The maximum Gasteiger partial charge on any atom is 0.146 e. The largest absolute Gasteiger partial charge is 0.382 e. The molecule has 4 nitrogen and oxygen atoms in total. The van der Waals surface area contributed by atoms with E-state index in [4.69, 9.17) is 11.5 Å². The molecule has 1 rings (SSSR count). The van der Waals surface area contributed by atoms with Crippen LogP contribution in [0.3, 0.4) is 0 Å². The number of nitrogens with two attached hydrogens (primary N) is 2. The Hall–Kier alpha value is -1.42. The van der Waals surface area contributed by atoms with Gasteiger partial charge in [-0.1, -0.05) is 6.08 Å². The number of nitrogen functional groups attached to an aromatic ring is 1. The molecule has 1 heterocycles. The molecule has 0 aromatic carbocycles. The zero-order chi connectivity index (χ0) is 8.10. The van der Waals surface area contributed by atoms with E-state index in [1.807, 2.05) is 0 Å². The van der Waals surface area contributed by atoms with Gasteiger partial charge in [0, 0.05) is 6.54 Å². The van der Waals surface area contributed by atoms with Crippen molar-refractivity contribution in [3.05, 3.63) is 23.9 Å². The second-order valence-electron chi connectivity index (χ2n) is 2.02. The second-order valence-corrected chi connectivity index (χ2v) is 2.02. The van der Waals surface area contributed by atoms with Gasteiger partial charge in [-0.15, -0.1) is 10.2 Å². The Morgan fingerprint density at radius 2 is 2.18 bits per heavy atom. The van der Waals surface area contributed by atoms with Gasteiger partial charge in [0.25, 0.3) is 0 Å². The van der Waals surface area contributed by atoms with Crippen LogP contribution in [-0.2, 0) is 0 Å². The number of rotatable bonds is 2. The first-order valence-corrected chi connectivity index (χ1v) is 3.29. The SMILES string of the molecule is NCC=Cc1ccc(N)nn1. The smallest absolute Gasteiger partial charge is 0.146 e. The van der Waals surface area contributed by atoms with E-state index in [-0.39, 0.29) is 0 Å². The minimum atomic E-state index is 0.426. The Kier molecular flexibility index (Phi) is 2.57. The highest BCUT2D eigenvalue weighted by molar-refractivity contribution is 5.45. The molecule has 0 atom stereocenters. The third-order valence-corrected chi connectivity index (χ3v) is 1.13. The minimum Gasteiger partial charge on any atom is -0.382 e. The Balaban J connectivity index is 2.73. The Morgan fingerprint density at radius 3 is 2.73 bits per heavy atom. The molecule has 1 aromatic heterocycles. The lowest BCUT2D eigenvalue weighted by molar-refractivity contribution is 1.03. The fourth-order valence-corrected chi connectivity index (χ4v) is 0.631. The highest BCUT2D eigenvalue weighted by atomic mass is 15.1. The Morgan fingerprint density at radius 1 is 1.36 bits per heavy atom. The standard InChI is InChI=1S/C7H10N4/c8-5-1-2-6-3-4-7(9)11-10-6/h1-4H,5,8H2,(H2,9,11). The third-order valence-electron chi connectivity index (χ3n) is 1.13. The summed E-state index contributed by atoms with van der Waals surface area (Å²) >= 11 is 0. The third kappa shape index (κ3) is 2.35. The van der Waals surface area contributed by atoms with Gasteiger partial charge in [-0.25, -0.2) is 0 Å². The summed E-state index contributed by atoms with van der Waals surface area (Å²) in [6.45, 7) is 0.506. The molecular weight excluding hydrogens is 140 g/mol. The number of hydrogen-bond acceptors (Lipinski definition) is 4. The monoisotopic (exact) mass is 150 g/mol. The average molecular weight is 150 g/mol. The van der Waals surface area contributed by atoms with Crippen molar-refractivity contribution in [2.75, 3.05) is 12.3 Å². The molecule has 0 fully saturated rings. The molecule has 0 aliphatic rings. The molecule has 0 unspecified atom stereocenters. The zero-order valence-electron chi connectivity index (χ0n) is 6.07. The van der Waals surface area contributed by atoms with Gasteiger partial charge in [0.1, 0.15) is 5.82 Å². The predicted octanol–water partition coefficient (Wildman–Crippen LogP) is 0.0307. The summed E-state index contributed by atoms with van der Waals surface area (Å²) in [5, 5.41) is 7.47. The van der Waals surface area contributed by atoms with E-state index in [0.29, 0.717) is 12.4 Å². The second kappa shape index (κ2) is 3.68. The fourth-order valence-electron chi connectivity index (χ4n) is 0.631. The molecular formula is C7H10N4. The van der Waals surface area contributed by atoms with Crippen molar-refractivity contribution < 1.29 is 0 Å². The van der Waals surface area contributed by atoms with Crippen LogP contribution in [0, 0.1) is 0 Å². The number of hydrogen-bond donors (Lipinski definition) is 2. The minimum absolute atomic E-state index is 0.426. The summed E-state index contributed by atoms with van der Waals surface area (Å²) in [4.78, 5) is 0. The van der Waals surface area contributed by atoms with Crippen molar-refractivity contribution in [1.29, 1.82) is 0 Å². The fraction of sp³-hybridized carbons (Fsp3) is 0.143. The molecule has 1 aromatic rings. The number of anilines is 1.